The van der Waals surface area contributed by atoms with Crippen molar-refractivity contribution in [1.82, 2.24) is 9.78 Å². The minimum atomic E-state index is -0.0342. The highest BCUT2D eigenvalue weighted by Gasteiger charge is 2.18. The summed E-state index contributed by atoms with van der Waals surface area (Å²) in [5, 5.41) is 4.47. The molecule has 0 amide bonds. The van der Waals surface area contributed by atoms with Gasteiger partial charge in [0.25, 0.3) is 0 Å². The molecule has 0 fully saturated rings. The fraction of sp³-hybridized carbons (Fsp3) is 0.600. The van der Waals surface area contributed by atoms with E-state index in [1.807, 2.05) is 13.8 Å². The van der Waals surface area contributed by atoms with E-state index < -0.39 is 0 Å². The summed E-state index contributed by atoms with van der Waals surface area (Å²) in [7, 11) is 1.56. The number of hydrogen-bond acceptors (Lipinski definition) is 3. The fourth-order valence-electron chi connectivity index (χ4n) is 1.31. The molecule has 4 nitrogen and oxygen atoms in total. The second-order valence-electron chi connectivity index (χ2n) is 3.55. The normalized spacial score (nSPS) is 11.0. The highest BCUT2D eigenvalue weighted by atomic mass is 35.5. The van der Waals surface area contributed by atoms with Crippen molar-refractivity contribution in [1.29, 1.82) is 0 Å². The first-order valence-electron chi connectivity index (χ1n) is 4.83. The van der Waals surface area contributed by atoms with Crippen LogP contribution in [0.3, 0.4) is 0 Å². The van der Waals surface area contributed by atoms with Gasteiger partial charge in [0.05, 0.1) is 17.8 Å². The molecule has 1 aromatic heterocycles. The van der Waals surface area contributed by atoms with Gasteiger partial charge in [-0.1, -0.05) is 11.6 Å². The number of Topliss-reactive ketones (excluding diaryl/α,β-unsaturated/α-hetero) is 1. The highest BCUT2D eigenvalue weighted by molar-refractivity contribution is 6.33. The number of hydrogen-bond donors (Lipinski definition) is 0. The zero-order valence-corrected chi connectivity index (χ0v) is 9.91. The fourth-order valence-corrected chi connectivity index (χ4v) is 1.54. The number of methoxy groups -OCH3 is 1. The van der Waals surface area contributed by atoms with Crippen LogP contribution in [0.1, 0.15) is 36.8 Å². The standard InChI is InChI=1S/C10H15ClN2O2/c1-7(2)13-10(8(11)6-12-13)9(14)4-5-15-3/h6-7H,4-5H2,1-3H3. The van der Waals surface area contributed by atoms with Crippen LogP contribution in [0.5, 0.6) is 0 Å². The number of aromatic nitrogens is 2. The number of carbonyl (C=O) groups excluding carboxylic acids is 1. The maximum atomic E-state index is 11.8. The molecular weight excluding hydrogens is 216 g/mol. The molecule has 0 saturated carbocycles. The Balaban J connectivity index is 2.91. The summed E-state index contributed by atoms with van der Waals surface area (Å²) in [5.41, 5.74) is 0.476. The van der Waals surface area contributed by atoms with Crippen LogP contribution in [0.15, 0.2) is 6.20 Å². The molecule has 0 radical (unpaired) electrons. The molecule has 0 aliphatic rings. The van der Waals surface area contributed by atoms with Crippen molar-refractivity contribution >= 4 is 17.4 Å². The quantitative estimate of drug-likeness (QED) is 0.730. The minimum absolute atomic E-state index is 0.0342. The molecule has 0 aliphatic carbocycles. The second-order valence-corrected chi connectivity index (χ2v) is 3.95. The lowest BCUT2D eigenvalue weighted by atomic mass is 10.2. The lowest BCUT2D eigenvalue weighted by Gasteiger charge is -2.10. The third kappa shape index (κ3) is 2.79. The van der Waals surface area contributed by atoms with Crippen molar-refractivity contribution in [3.05, 3.63) is 16.9 Å². The van der Waals surface area contributed by atoms with Crippen LogP contribution in [0.2, 0.25) is 5.02 Å². The van der Waals surface area contributed by atoms with Crippen LogP contribution in [-0.4, -0.2) is 29.3 Å². The Hall–Kier alpha value is -0.870. The molecule has 84 valence electrons. The molecule has 0 bridgehead atoms. The topological polar surface area (TPSA) is 44.1 Å². The van der Waals surface area contributed by atoms with E-state index >= 15 is 0 Å². The molecule has 0 saturated heterocycles. The van der Waals surface area contributed by atoms with Gasteiger partial charge in [-0.15, -0.1) is 0 Å². The minimum Gasteiger partial charge on any atom is -0.384 e. The Morgan fingerprint density at radius 3 is 2.87 bits per heavy atom. The van der Waals surface area contributed by atoms with Crippen molar-refractivity contribution < 1.29 is 9.53 Å². The van der Waals surface area contributed by atoms with Gasteiger partial charge in [0.2, 0.25) is 0 Å². The Bertz CT molecular complexity index is 347. The summed E-state index contributed by atoms with van der Waals surface area (Å²) in [6.45, 7) is 4.31. The number of rotatable bonds is 5. The van der Waals surface area contributed by atoms with Gasteiger partial charge < -0.3 is 4.74 Å². The molecule has 0 atom stereocenters. The molecule has 0 aromatic carbocycles. The van der Waals surface area contributed by atoms with Crippen molar-refractivity contribution in [3.63, 3.8) is 0 Å². The molecule has 1 rings (SSSR count). The molecule has 5 heteroatoms. The number of halogens is 1. The first-order valence-corrected chi connectivity index (χ1v) is 5.20. The Morgan fingerprint density at radius 1 is 1.67 bits per heavy atom. The largest absolute Gasteiger partial charge is 0.384 e. The van der Waals surface area contributed by atoms with Crippen molar-refractivity contribution in [2.75, 3.05) is 13.7 Å². The van der Waals surface area contributed by atoms with Gasteiger partial charge in [-0.05, 0) is 13.8 Å². The lowest BCUT2D eigenvalue weighted by molar-refractivity contribution is 0.0920. The zero-order valence-electron chi connectivity index (χ0n) is 9.16. The summed E-state index contributed by atoms with van der Waals surface area (Å²) in [4.78, 5) is 11.8. The van der Waals surface area contributed by atoms with E-state index in [2.05, 4.69) is 5.10 Å². The maximum Gasteiger partial charge on any atom is 0.184 e. The van der Waals surface area contributed by atoms with Crippen molar-refractivity contribution in [3.8, 4) is 0 Å². The molecular formula is C10H15ClN2O2. The number of carbonyl (C=O) groups is 1. The molecule has 15 heavy (non-hydrogen) atoms. The van der Waals surface area contributed by atoms with E-state index in [0.29, 0.717) is 23.7 Å². The maximum absolute atomic E-state index is 11.8. The summed E-state index contributed by atoms with van der Waals surface area (Å²) >= 11 is 5.92. The van der Waals surface area contributed by atoms with Crippen molar-refractivity contribution in [2.45, 2.75) is 26.3 Å². The molecule has 0 unspecified atom stereocenters. The average molecular weight is 231 g/mol. The van der Waals surface area contributed by atoms with Crippen LogP contribution in [0.25, 0.3) is 0 Å². The molecule has 0 N–H and O–H groups in total. The van der Waals surface area contributed by atoms with Crippen LogP contribution in [0, 0.1) is 0 Å². The van der Waals surface area contributed by atoms with Crippen LogP contribution in [-0.2, 0) is 4.74 Å². The first-order chi connectivity index (χ1) is 7.07. The third-order valence-corrected chi connectivity index (χ3v) is 2.31. The van der Waals surface area contributed by atoms with Crippen LogP contribution in [0.4, 0.5) is 0 Å². The molecule has 0 aliphatic heterocycles. The predicted octanol–water partition coefficient (Wildman–Crippen LogP) is 2.34. The first kappa shape index (κ1) is 12.2. The van der Waals surface area contributed by atoms with E-state index in [-0.39, 0.29) is 11.8 Å². The Labute approximate surface area is 94.2 Å². The Morgan fingerprint density at radius 2 is 2.33 bits per heavy atom. The van der Waals surface area contributed by atoms with Crippen LogP contribution >= 0.6 is 11.6 Å². The van der Waals surface area contributed by atoms with Gasteiger partial charge in [-0.2, -0.15) is 5.10 Å². The zero-order chi connectivity index (χ0) is 11.4. The van der Waals surface area contributed by atoms with Crippen molar-refractivity contribution in [2.24, 2.45) is 0 Å². The highest BCUT2D eigenvalue weighted by Crippen LogP contribution is 2.20. The second kappa shape index (κ2) is 5.28. The summed E-state index contributed by atoms with van der Waals surface area (Å²) in [6, 6.07) is 0.124. The number of nitrogens with zero attached hydrogens (tertiary/aromatic N) is 2. The van der Waals surface area contributed by atoms with E-state index in [4.69, 9.17) is 16.3 Å². The summed E-state index contributed by atoms with van der Waals surface area (Å²) in [6.07, 6.45) is 1.83. The molecule has 1 heterocycles. The molecule has 0 spiro atoms. The number of ether oxygens (including phenoxy) is 1. The SMILES string of the molecule is COCCC(=O)c1c(Cl)cnn1C(C)C. The smallest absolute Gasteiger partial charge is 0.184 e. The van der Waals surface area contributed by atoms with Gasteiger partial charge in [0, 0.05) is 19.6 Å². The lowest BCUT2D eigenvalue weighted by Crippen LogP contribution is -2.14. The van der Waals surface area contributed by atoms with E-state index in [0.717, 1.165) is 0 Å². The Kier molecular flexibility index (Phi) is 4.29. The third-order valence-electron chi connectivity index (χ3n) is 2.04. The van der Waals surface area contributed by atoms with E-state index in [1.54, 1.807) is 11.8 Å². The van der Waals surface area contributed by atoms with E-state index in [9.17, 15) is 4.79 Å². The van der Waals surface area contributed by atoms with Gasteiger partial charge in [0.15, 0.2) is 5.78 Å². The summed E-state index contributed by atoms with van der Waals surface area (Å²) < 4.78 is 6.50. The number of ketones is 1. The van der Waals surface area contributed by atoms with Gasteiger partial charge in [-0.25, -0.2) is 0 Å². The van der Waals surface area contributed by atoms with Crippen LogP contribution < -0.4 is 0 Å². The monoisotopic (exact) mass is 230 g/mol. The van der Waals surface area contributed by atoms with Gasteiger partial charge in [-0.3, -0.25) is 9.48 Å². The van der Waals surface area contributed by atoms with Gasteiger partial charge >= 0.3 is 0 Å². The summed E-state index contributed by atoms with van der Waals surface area (Å²) in [5.74, 6) is -0.0342. The predicted molar refractivity (Wildman–Crippen MR) is 58.4 cm³/mol. The van der Waals surface area contributed by atoms with Gasteiger partial charge in [0.1, 0.15) is 5.69 Å². The average Bonchev–Trinajstić information content (AvgIpc) is 2.56. The molecule has 1 aromatic rings. The van der Waals surface area contributed by atoms with E-state index in [1.165, 1.54) is 6.20 Å².